The minimum atomic E-state index is -0.794. The van der Waals surface area contributed by atoms with Crippen molar-refractivity contribution >= 4 is 17.6 Å². The Morgan fingerprint density at radius 1 is 1.06 bits per heavy atom. The lowest BCUT2D eigenvalue weighted by Crippen LogP contribution is -2.16. The fourth-order valence-electron chi connectivity index (χ4n) is 2.98. The Labute approximate surface area is 192 Å². The number of furan rings is 1. The van der Waals surface area contributed by atoms with Crippen molar-refractivity contribution in [2.24, 2.45) is 0 Å². The second-order valence-electron chi connectivity index (χ2n) is 6.78. The highest BCUT2D eigenvalue weighted by Gasteiger charge is 2.22. The molecule has 0 radical (unpaired) electrons. The van der Waals surface area contributed by atoms with Gasteiger partial charge in [0.1, 0.15) is 5.82 Å². The number of halogens is 1. The zero-order valence-electron chi connectivity index (χ0n) is 18.0. The number of anilines is 1. The number of carbonyl (C=O) groups is 2. The average Bonchev–Trinajstić information content (AvgIpc) is 3.55. The maximum Gasteiger partial charge on any atom is 0.340 e. The number of rotatable bonds is 8. The molecule has 11 heteroatoms. The van der Waals surface area contributed by atoms with Crippen molar-refractivity contribution in [1.29, 1.82) is 0 Å². The van der Waals surface area contributed by atoms with Crippen molar-refractivity contribution < 1.29 is 37.1 Å². The number of ether oxygens (including phenoxy) is 3. The van der Waals surface area contributed by atoms with E-state index in [0.717, 1.165) is 0 Å². The highest BCUT2D eigenvalue weighted by atomic mass is 19.1. The van der Waals surface area contributed by atoms with Crippen LogP contribution in [0.4, 0.5) is 10.1 Å². The lowest BCUT2D eigenvalue weighted by atomic mass is 10.1. The molecule has 2 aromatic heterocycles. The highest BCUT2D eigenvalue weighted by Crippen LogP contribution is 2.34. The van der Waals surface area contributed by atoms with Gasteiger partial charge in [0.25, 0.3) is 11.8 Å². The number of methoxy groups -OCH3 is 2. The number of carbonyl (C=O) groups excluding carboxylic acids is 2. The first-order valence-electron chi connectivity index (χ1n) is 9.85. The summed E-state index contributed by atoms with van der Waals surface area (Å²) in [5.41, 5.74) is 0.642. The molecule has 4 aromatic rings. The van der Waals surface area contributed by atoms with Gasteiger partial charge < -0.3 is 28.5 Å². The predicted molar refractivity (Wildman–Crippen MR) is 115 cm³/mol. The van der Waals surface area contributed by atoms with Crippen molar-refractivity contribution in [1.82, 2.24) is 10.1 Å². The third-order valence-corrected chi connectivity index (χ3v) is 4.63. The van der Waals surface area contributed by atoms with Gasteiger partial charge in [-0.15, -0.1) is 0 Å². The second-order valence-corrected chi connectivity index (χ2v) is 6.78. The molecule has 0 saturated heterocycles. The van der Waals surface area contributed by atoms with Crippen molar-refractivity contribution in [2.45, 2.75) is 6.61 Å². The molecule has 174 valence electrons. The molecule has 2 aromatic carbocycles. The van der Waals surface area contributed by atoms with E-state index in [2.05, 4.69) is 15.5 Å². The number of nitrogens with one attached hydrogen (secondary N) is 1. The fourth-order valence-corrected chi connectivity index (χ4v) is 2.98. The lowest BCUT2D eigenvalue weighted by Gasteiger charge is -2.14. The van der Waals surface area contributed by atoms with Gasteiger partial charge in [0, 0.05) is 17.7 Å². The molecule has 2 heterocycles. The van der Waals surface area contributed by atoms with Crippen LogP contribution in [0.5, 0.6) is 11.5 Å². The normalized spacial score (nSPS) is 10.6. The molecule has 0 aliphatic rings. The molecule has 10 nitrogen and oxygen atoms in total. The third kappa shape index (κ3) is 4.88. The zero-order valence-corrected chi connectivity index (χ0v) is 18.0. The summed E-state index contributed by atoms with van der Waals surface area (Å²) in [5.74, 6) is -0.946. The number of nitrogens with zero attached hydrogens (tertiary/aromatic N) is 2. The molecule has 1 N–H and O–H groups in total. The van der Waals surface area contributed by atoms with Gasteiger partial charge in [0.2, 0.25) is 5.82 Å². The smallest absolute Gasteiger partial charge is 0.340 e. The van der Waals surface area contributed by atoms with Gasteiger partial charge in [0.05, 0.1) is 31.7 Å². The Kier molecular flexibility index (Phi) is 6.53. The SMILES string of the molecule is COc1cc(NC(=O)c2ccco2)c(C(=O)OCc2nc(-c3ccc(F)cc3)no2)cc1OC. The van der Waals surface area contributed by atoms with Gasteiger partial charge in [0.15, 0.2) is 23.9 Å². The summed E-state index contributed by atoms with van der Waals surface area (Å²) < 4.78 is 39.1. The summed E-state index contributed by atoms with van der Waals surface area (Å²) in [6.07, 6.45) is 1.35. The molecule has 0 atom stereocenters. The molecule has 0 saturated carbocycles. The van der Waals surface area contributed by atoms with Gasteiger partial charge in [-0.2, -0.15) is 4.98 Å². The number of benzene rings is 2. The van der Waals surface area contributed by atoms with E-state index in [0.29, 0.717) is 5.56 Å². The topological polar surface area (TPSA) is 126 Å². The number of hydrogen-bond acceptors (Lipinski definition) is 9. The summed E-state index contributed by atoms with van der Waals surface area (Å²) in [6.45, 7) is -0.340. The van der Waals surface area contributed by atoms with Crippen molar-refractivity contribution in [3.63, 3.8) is 0 Å². The average molecular weight is 467 g/mol. The summed E-state index contributed by atoms with van der Waals surface area (Å²) in [5, 5.41) is 6.40. The standard InChI is InChI=1S/C23H18FN3O7/c1-30-18-10-15(16(11-19(18)31-2)25-22(28)17-4-3-9-32-17)23(29)33-12-20-26-21(27-34-20)13-5-7-14(24)8-6-13/h3-11H,12H2,1-2H3,(H,25,28). The van der Waals surface area contributed by atoms with Crippen LogP contribution < -0.4 is 14.8 Å². The van der Waals surface area contributed by atoms with E-state index in [1.54, 1.807) is 6.07 Å². The number of aromatic nitrogens is 2. The first-order valence-corrected chi connectivity index (χ1v) is 9.85. The molecule has 4 rings (SSSR count). The van der Waals surface area contributed by atoms with Crippen LogP contribution in [0.25, 0.3) is 11.4 Å². The van der Waals surface area contributed by atoms with Crippen LogP contribution in [0.2, 0.25) is 0 Å². The van der Waals surface area contributed by atoms with Gasteiger partial charge in [-0.25, -0.2) is 9.18 Å². The lowest BCUT2D eigenvalue weighted by molar-refractivity contribution is 0.0430. The maximum absolute atomic E-state index is 13.1. The van der Waals surface area contributed by atoms with E-state index in [1.807, 2.05) is 0 Å². The molecular weight excluding hydrogens is 449 g/mol. The minimum Gasteiger partial charge on any atom is -0.493 e. The predicted octanol–water partition coefficient (Wildman–Crippen LogP) is 4.10. The molecular formula is C23H18FN3O7. The molecule has 0 aliphatic carbocycles. The summed E-state index contributed by atoms with van der Waals surface area (Å²) >= 11 is 0. The van der Waals surface area contributed by atoms with E-state index in [-0.39, 0.29) is 46.8 Å². The Balaban J connectivity index is 1.53. The molecule has 0 fully saturated rings. The van der Waals surface area contributed by atoms with Crippen molar-refractivity contribution in [3.05, 3.63) is 77.8 Å². The molecule has 0 unspecified atom stereocenters. The number of amides is 1. The molecule has 34 heavy (non-hydrogen) atoms. The van der Waals surface area contributed by atoms with E-state index in [4.69, 9.17) is 23.2 Å². The third-order valence-electron chi connectivity index (χ3n) is 4.63. The Bertz CT molecular complexity index is 1300. The van der Waals surface area contributed by atoms with E-state index >= 15 is 0 Å². The summed E-state index contributed by atoms with van der Waals surface area (Å²) in [6, 6.07) is 11.3. The number of hydrogen-bond donors (Lipinski definition) is 1. The van der Waals surface area contributed by atoms with Crippen LogP contribution in [0, 0.1) is 5.82 Å². The van der Waals surface area contributed by atoms with Crippen molar-refractivity contribution in [3.8, 4) is 22.9 Å². The highest BCUT2D eigenvalue weighted by molar-refractivity contribution is 6.07. The van der Waals surface area contributed by atoms with Crippen LogP contribution in [0.3, 0.4) is 0 Å². The van der Waals surface area contributed by atoms with Gasteiger partial charge in [-0.05, 0) is 36.4 Å². The van der Waals surface area contributed by atoms with Crippen LogP contribution in [-0.2, 0) is 11.3 Å². The van der Waals surface area contributed by atoms with Crippen LogP contribution >= 0.6 is 0 Å². The largest absolute Gasteiger partial charge is 0.493 e. The number of esters is 1. The Morgan fingerprint density at radius 3 is 2.47 bits per heavy atom. The molecule has 0 aliphatic heterocycles. The Hall–Kier alpha value is -4.67. The van der Waals surface area contributed by atoms with Crippen molar-refractivity contribution in [2.75, 3.05) is 19.5 Å². The second kappa shape index (κ2) is 9.86. The first-order chi connectivity index (χ1) is 16.5. The van der Waals surface area contributed by atoms with Gasteiger partial charge >= 0.3 is 5.97 Å². The monoisotopic (exact) mass is 467 g/mol. The summed E-state index contributed by atoms with van der Waals surface area (Å²) in [4.78, 5) is 29.5. The van der Waals surface area contributed by atoms with E-state index in [9.17, 15) is 14.0 Å². The molecule has 0 bridgehead atoms. The zero-order chi connectivity index (χ0) is 24.1. The first kappa shape index (κ1) is 22.5. The Morgan fingerprint density at radius 2 is 1.79 bits per heavy atom. The van der Waals surface area contributed by atoms with E-state index in [1.165, 1.54) is 62.9 Å². The van der Waals surface area contributed by atoms with Crippen LogP contribution in [0.15, 0.2) is 63.7 Å². The quantitative estimate of drug-likeness (QED) is 0.381. The molecule has 0 spiro atoms. The fraction of sp³-hybridized carbons (Fsp3) is 0.130. The maximum atomic E-state index is 13.1. The van der Waals surface area contributed by atoms with Gasteiger partial charge in [-0.3, -0.25) is 4.79 Å². The minimum absolute atomic E-state index is 0.00386. The van der Waals surface area contributed by atoms with Crippen LogP contribution in [-0.4, -0.2) is 36.2 Å². The summed E-state index contributed by atoms with van der Waals surface area (Å²) in [7, 11) is 2.83. The van der Waals surface area contributed by atoms with E-state index < -0.39 is 17.7 Å². The molecule has 1 amide bonds. The van der Waals surface area contributed by atoms with Crippen LogP contribution in [0.1, 0.15) is 26.8 Å². The van der Waals surface area contributed by atoms with Gasteiger partial charge in [-0.1, -0.05) is 5.16 Å².